The van der Waals surface area contributed by atoms with Gasteiger partial charge in [0.05, 0.1) is 5.25 Å². The molecule has 1 aliphatic rings. The average molecular weight is 239 g/mol. The Kier molecular flexibility index (Phi) is 3.30. The lowest BCUT2D eigenvalue weighted by atomic mass is 10.1. The van der Waals surface area contributed by atoms with Crippen LogP contribution in [-0.4, -0.2) is 31.6 Å². The number of hydrogen-bond acceptors (Lipinski definition) is 2. The highest BCUT2D eigenvalue weighted by Crippen LogP contribution is 2.22. The molecule has 1 saturated heterocycles. The first kappa shape index (κ1) is 11.6. The minimum absolute atomic E-state index is 0.242. The van der Waals surface area contributed by atoms with Gasteiger partial charge in [0.1, 0.15) is 0 Å². The maximum absolute atomic E-state index is 12.0. The smallest absolute Gasteiger partial charge is 0.212 e. The Morgan fingerprint density at radius 1 is 1.31 bits per heavy atom. The first-order valence-corrected chi connectivity index (χ1v) is 7.10. The standard InChI is InChI=1S/C12H17NO2S/c1-13-9-5-8-12(16(13,14)15)10-11-6-3-2-4-7-11/h2-4,6-7,12H,5,8-10H2,1H3. The molecule has 1 aromatic rings. The predicted octanol–water partition coefficient (Wildman–Crippen LogP) is 1.65. The molecule has 0 bridgehead atoms. The monoisotopic (exact) mass is 239 g/mol. The SMILES string of the molecule is CN1CCCC(Cc2ccccc2)S1(=O)=O. The van der Waals surface area contributed by atoms with Crippen LogP contribution in [0.1, 0.15) is 18.4 Å². The van der Waals surface area contributed by atoms with Crippen LogP contribution in [0.5, 0.6) is 0 Å². The summed E-state index contributed by atoms with van der Waals surface area (Å²) in [6.45, 7) is 0.660. The summed E-state index contributed by atoms with van der Waals surface area (Å²) >= 11 is 0. The van der Waals surface area contributed by atoms with Crippen LogP contribution in [0, 0.1) is 0 Å². The maximum Gasteiger partial charge on any atom is 0.217 e. The predicted molar refractivity (Wildman–Crippen MR) is 64.7 cm³/mol. The molecule has 0 aromatic heterocycles. The molecule has 16 heavy (non-hydrogen) atoms. The Morgan fingerprint density at radius 3 is 2.69 bits per heavy atom. The molecular weight excluding hydrogens is 222 g/mol. The van der Waals surface area contributed by atoms with Gasteiger partial charge in [-0.05, 0) is 24.8 Å². The molecule has 4 heteroatoms. The highest BCUT2D eigenvalue weighted by Gasteiger charge is 2.33. The summed E-state index contributed by atoms with van der Waals surface area (Å²) in [5.74, 6) is 0. The second-order valence-electron chi connectivity index (χ2n) is 4.32. The fraction of sp³-hybridized carbons (Fsp3) is 0.500. The van der Waals surface area contributed by atoms with Gasteiger partial charge in [-0.25, -0.2) is 12.7 Å². The van der Waals surface area contributed by atoms with E-state index < -0.39 is 10.0 Å². The van der Waals surface area contributed by atoms with Crippen LogP contribution in [-0.2, 0) is 16.4 Å². The van der Waals surface area contributed by atoms with Gasteiger partial charge in [-0.15, -0.1) is 0 Å². The fourth-order valence-corrected chi connectivity index (χ4v) is 3.92. The normalized spacial score (nSPS) is 25.4. The Bertz CT molecular complexity index is 441. The maximum atomic E-state index is 12.0. The second kappa shape index (κ2) is 4.55. The molecule has 0 spiro atoms. The van der Waals surface area contributed by atoms with Gasteiger partial charge in [0.15, 0.2) is 0 Å². The molecule has 0 aliphatic carbocycles. The lowest BCUT2D eigenvalue weighted by Gasteiger charge is -2.29. The van der Waals surface area contributed by atoms with E-state index in [1.165, 1.54) is 4.31 Å². The third-order valence-electron chi connectivity index (χ3n) is 3.16. The van der Waals surface area contributed by atoms with Crippen LogP contribution in [0.2, 0.25) is 0 Å². The summed E-state index contributed by atoms with van der Waals surface area (Å²) in [5, 5.41) is -0.242. The summed E-state index contributed by atoms with van der Waals surface area (Å²) in [4.78, 5) is 0. The molecular formula is C12H17NO2S. The van der Waals surface area contributed by atoms with Crippen molar-refractivity contribution in [2.24, 2.45) is 0 Å². The zero-order chi connectivity index (χ0) is 11.6. The number of nitrogens with zero attached hydrogens (tertiary/aromatic N) is 1. The molecule has 1 unspecified atom stereocenters. The summed E-state index contributed by atoms with van der Waals surface area (Å²) < 4.78 is 25.6. The first-order valence-electron chi connectivity index (χ1n) is 5.60. The highest BCUT2D eigenvalue weighted by atomic mass is 32.2. The third kappa shape index (κ3) is 2.28. The first-order chi connectivity index (χ1) is 7.60. The molecule has 0 amide bonds. The van der Waals surface area contributed by atoms with Crippen molar-refractivity contribution in [3.05, 3.63) is 35.9 Å². The summed E-state index contributed by atoms with van der Waals surface area (Å²) in [5.41, 5.74) is 1.10. The van der Waals surface area contributed by atoms with E-state index >= 15 is 0 Å². The van der Waals surface area contributed by atoms with Gasteiger partial charge in [-0.3, -0.25) is 0 Å². The topological polar surface area (TPSA) is 37.4 Å². The molecule has 3 nitrogen and oxygen atoms in total. The summed E-state index contributed by atoms with van der Waals surface area (Å²) in [7, 11) is -1.39. The van der Waals surface area contributed by atoms with Crippen molar-refractivity contribution < 1.29 is 8.42 Å². The number of rotatable bonds is 2. The largest absolute Gasteiger partial charge is 0.217 e. The van der Waals surface area contributed by atoms with Crippen molar-refractivity contribution in [1.82, 2.24) is 4.31 Å². The Labute approximate surface area is 97.1 Å². The van der Waals surface area contributed by atoms with E-state index in [4.69, 9.17) is 0 Å². The lowest BCUT2D eigenvalue weighted by Crippen LogP contribution is -2.42. The van der Waals surface area contributed by atoms with E-state index in [1.54, 1.807) is 7.05 Å². The van der Waals surface area contributed by atoms with Crippen LogP contribution in [0.25, 0.3) is 0 Å². The molecule has 1 fully saturated rings. The number of sulfonamides is 1. The summed E-state index contributed by atoms with van der Waals surface area (Å²) in [6, 6.07) is 9.84. The molecule has 0 radical (unpaired) electrons. The van der Waals surface area contributed by atoms with E-state index in [-0.39, 0.29) is 5.25 Å². The van der Waals surface area contributed by atoms with Gasteiger partial charge < -0.3 is 0 Å². The summed E-state index contributed by atoms with van der Waals surface area (Å²) in [6.07, 6.45) is 2.38. The fourth-order valence-electron chi connectivity index (χ4n) is 2.16. The van der Waals surface area contributed by atoms with E-state index in [1.807, 2.05) is 30.3 Å². The Balaban J connectivity index is 2.16. The van der Waals surface area contributed by atoms with Gasteiger partial charge in [-0.2, -0.15) is 0 Å². The van der Waals surface area contributed by atoms with E-state index in [0.29, 0.717) is 13.0 Å². The van der Waals surface area contributed by atoms with Gasteiger partial charge in [0, 0.05) is 13.6 Å². The van der Waals surface area contributed by atoms with Crippen molar-refractivity contribution in [1.29, 1.82) is 0 Å². The number of hydrogen-bond donors (Lipinski definition) is 0. The molecule has 0 saturated carbocycles. The van der Waals surface area contributed by atoms with E-state index in [9.17, 15) is 8.42 Å². The Hall–Kier alpha value is -0.870. The lowest BCUT2D eigenvalue weighted by molar-refractivity contribution is 0.407. The van der Waals surface area contributed by atoms with E-state index in [0.717, 1.165) is 18.4 Å². The van der Waals surface area contributed by atoms with Crippen molar-refractivity contribution in [2.75, 3.05) is 13.6 Å². The minimum atomic E-state index is -3.07. The quantitative estimate of drug-likeness (QED) is 0.787. The van der Waals surface area contributed by atoms with Crippen molar-refractivity contribution in [2.45, 2.75) is 24.5 Å². The van der Waals surface area contributed by atoms with Gasteiger partial charge in [-0.1, -0.05) is 30.3 Å². The Morgan fingerprint density at radius 2 is 2.00 bits per heavy atom. The van der Waals surface area contributed by atoms with Crippen molar-refractivity contribution in [3.8, 4) is 0 Å². The minimum Gasteiger partial charge on any atom is -0.212 e. The second-order valence-corrected chi connectivity index (χ2v) is 6.64. The average Bonchev–Trinajstić information content (AvgIpc) is 2.27. The van der Waals surface area contributed by atoms with Crippen LogP contribution >= 0.6 is 0 Å². The van der Waals surface area contributed by atoms with Gasteiger partial charge in [0.2, 0.25) is 10.0 Å². The van der Waals surface area contributed by atoms with Gasteiger partial charge >= 0.3 is 0 Å². The molecule has 88 valence electrons. The highest BCUT2D eigenvalue weighted by molar-refractivity contribution is 7.89. The van der Waals surface area contributed by atoms with Crippen molar-refractivity contribution >= 4 is 10.0 Å². The third-order valence-corrected chi connectivity index (χ3v) is 5.46. The molecule has 1 aliphatic heterocycles. The zero-order valence-corrected chi connectivity index (χ0v) is 10.3. The zero-order valence-electron chi connectivity index (χ0n) is 9.46. The van der Waals surface area contributed by atoms with E-state index in [2.05, 4.69) is 0 Å². The van der Waals surface area contributed by atoms with Crippen LogP contribution in [0.15, 0.2) is 30.3 Å². The van der Waals surface area contributed by atoms with Gasteiger partial charge in [0.25, 0.3) is 0 Å². The molecule has 0 N–H and O–H groups in total. The molecule has 2 rings (SSSR count). The van der Waals surface area contributed by atoms with Crippen molar-refractivity contribution in [3.63, 3.8) is 0 Å². The van der Waals surface area contributed by atoms with Crippen LogP contribution in [0.3, 0.4) is 0 Å². The molecule has 1 atom stereocenters. The van der Waals surface area contributed by atoms with Crippen LogP contribution < -0.4 is 0 Å². The molecule has 1 heterocycles. The number of benzene rings is 1. The van der Waals surface area contributed by atoms with Crippen LogP contribution in [0.4, 0.5) is 0 Å². The molecule has 1 aromatic carbocycles.